The average molecular weight is 639 g/mol. The van der Waals surface area contributed by atoms with Gasteiger partial charge in [-0.1, -0.05) is 170 Å². The maximum Gasteiger partial charge on any atom is 0.127 e. The summed E-state index contributed by atoms with van der Waals surface area (Å²) < 4.78 is 6.08. The van der Waals surface area contributed by atoms with Crippen molar-refractivity contribution in [2.45, 2.75) is 6.61 Å². The minimum atomic E-state index is 0.588. The van der Waals surface area contributed by atoms with Crippen molar-refractivity contribution in [2.24, 2.45) is 0 Å². The molecule has 0 saturated heterocycles. The van der Waals surface area contributed by atoms with Crippen molar-refractivity contribution in [1.29, 1.82) is 0 Å². The summed E-state index contributed by atoms with van der Waals surface area (Å²) in [5, 5.41) is 0. The number of ether oxygens (including phenoxy) is 1. The van der Waals surface area contributed by atoms with E-state index in [0.717, 1.165) is 11.3 Å². The molecule has 1 aliphatic rings. The highest BCUT2D eigenvalue weighted by Gasteiger charge is 2.20. The lowest BCUT2D eigenvalue weighted by molar-refractivity contribution is 0.302. The fourth-order valence-electron chi connectivity index (χ4n) is 7.28. The van der Waals surface area contributed by atoms with Gasteiger partial charge in [0.15, 0.2) is 0 Å². The normalized spacial score (nSPS) is 11.7. The van der Waals surface area contributed by atoms with Crippen molar-refractivity contribution in [3.05, 3.63) is 200 Å². The van der Waals surface area contributed by atoms with E-state index in [1.807, 2.05) is 6.07 Å². The molecule has 0 spiro atoms. The van der Waals surface area contributed by atoms with Crippen molar-refractivity contribution >= 4 is 0 Å². The highest BCUT2D eigenvalue weighted by atomic mass is 16.5. The van der Waals surface area contributed by atoms with Gasteiger partial charge < -0.3 is 4.74 Å². The summed E-state index contributed by atoms with van der Waals surface area (Å²) in [6, 6.07) is 69.9. The second kappa shape index (κ2) is 12.9. The summed E-state index contributed by atoms with van der Waals surface area (Å²) in [5.74, 6) is 0.945. The zero-order valence-electron chi connectivity index (χ0n) is 27.6. The highest BCUT2D eigenvalue weighted by Crippen LogP contribution is 2.44. The predicted molar refractivity (Wildman–Crippen MR) is 209 cm³/mol. The molecule has 0 fully saturated rings. The van der Waals surface area contributed by atoms with E-state index in [0.29, 0.717) is 6.61 Å². The molecule has 0 radical (unpaired) electrons. The molecule has 8 aromatic carbocycles. The van der Waals surface area contributed by atoms with Gasteiger partial charge in [0.25, 0.3) is 0 Å². The standard InChI is InChI=1S/C49H34O/c1-3-12-34(13-4-1)35-22-24-36(25-23-35)41-30-42(32-43(31-41)45-18-8-7-17-44(45)38-14-5-2-6-15-38)37-26-28-39(29-27-37)46-20-11-16-40-33-50-48-21-10-9-19-47(48)49(40)46/h1-32H,33H2. The van der Waals surface area contributed by atoms with Crippen molar-refractivity contribution in [3.8, 4) is 83.6 Å². The van der Waals surface area contributed by atoms with Gasteiger partial charge in [-0.3, -0.25) is 0 Å². The van der Waals surface area contributed by atoms with E-state index in [1.54, 1.807) is 0 Å². The van der Waals surface area contributed by atoms with Gasteiger partial charge in [-0.25, -0.2) is 0 Å². The molecular formula is C49H34O. The Bertz CT molecular complexity index is 2440. The Balaban J connectivity index is 1.15. The van der Waals surface area contributed by atoms with E-state index in [1.165, 1.54) is 77.9 Å². The molecule has 0 N–H and O–H groups in total. The summed E-state index contributed by atoms with van der Waals surface area (Å²) in [4.78, 5) is 0. The van der Waals surface area contributed by atoms with Gasteiger partial charge in [-0.2, -0.15) is 0 Å². The number of para-hydroxylation sites is 1. The smallest absolute Gasteiger partial charge is 0.127 e. The molecule has 236 valence electrons. The van der Waals surface area contributed by atoms with Crippen LogP contribution >= 0.6 is 0 Å². The zero-order valence-corrected chi connectivity index (χ0v) is 27.6. The van der Waals surface area contributed by atoms with Crippen LogP contribution in [0.5, 0.6) is 5.75 Å². The van der Waals surface area contributed by atoms with Crippen LogP contribution in [0.15, 0.2) is 194 Å². The first-order valence-corrected chi connectivity index (χ1v) is 17.2. The molecule has 9 rings (SSSR count). The van der Waals surface area contributed by atoms with Crippen molar-refractivity contribution < 1.29 is 4.74 Å². The molecule has 50 heavy (non-hydrogen) atoms. The van der Waals surface area contributed by atoms with Gasteiger partial charge in [0, 0.05) is 5.56 Å². The Morgan fingerprint density at radius 2 is 0.700 bits per heavy atom. The van der Waals surface area contributed by atoms with Crippen LogP contribution in [0, 0.1) is 0 Å². The quantitative estimate of drug-likeness (QED) is 0.176. The van der Waals surface area contributed by atoms with Crippen LogP contribution in [0.25, 0.3) is 77.9 Å². The Morgan fingerprint density at radius 3 is 1.34 bits per heavy atom. The van der Waals surface area contributed by atoms with Gasteiger partial charge in [0.05, 0.1) is 0 Å². The Kier molecular flexibility index (Phi) is 7.64. The molecule has 1 aliphatic heterocycles. The third-order valence-corrected chi connectivity index (χ3v) is 9.80. The van der Waals surface area contributed by atoms with Crippen LogP contribution in [0.3, 0.4) is 0 Å². The lowest BCUT2D eigenvalue weighted by atomic mass is 9.87. The molecule has 0 bridgehead atoms. The number of benzene rings is 8. The first-order valence-electron chi connectivity index (χ1n) is 17.2. The van der Waals surface area contributed by atoms with E-state index >= 15 is 0 Å². The fourth-order valence-corrected chi connectivity index (χ4v) is 7.28. The molecule has 0 aliphatic carbocycles. The maximum absolute atomic E-state index is 6.08. The SMILES string of the molecule is c1ccc(-c2ccc(-c3cc(-c4ccc(-c5cccc6c5-c5ccccc5OC6)cc4)cc(-c4ccccc4-c4ccccc4)c3)cc2)cc1. The highest BCUT2D eigenvalue weighted by molar-refractivity contribution is 5.91. The van der Waals surface area contributed by atoms with E-state index in [9.17, 15) is 0 Å². The average Bonchev–Trinajstić information content (AvgIpc) is 3.21. The molecule has 0 aromatic heterocycles. The minimum absolute atomic E-state index is 0.588. The minimum Gasteiger partial charge on any atom is -0.488 e. The molecule has 0 saturated carbocycles. The second-order valence-electron chi connectivity index (χ2n) is 12.9. The van der Waals surface area contributed by atoms with Gasteiger partial charge in [0.1, 0.15) is 12.4 Å². The number of fused-ring (bicyclic) bond motifs is 3. The van der Waals surface area contributed by atoms with Crippen LogP contribution in [0.4, 0.5) is 0 Å². The van der Waals surface area contributed by atoms with Crippen molar-refractivity contribution in [1.82, 2.24) is 0 Å². The summed E-state index contributed by atoms with van der Waals surface area (Å²) in [7, 11) is 0. The van der Waals surface area contributed by atoms with E-state index in [4.69, 9.17) is 4.74 Å². The Labute approximate surface area is 293 Å². The second-order valence-corrected chi connectivity index (χ2v) is 12.9. The van der Waals surface area contributed by atoms with E-state index < -0.39 is 0 Å². The fraction of sp³-hybridized carbons (Fsp3) is 0.0204. The van der Waals surface area contributed by atoms with Gasteiger partial charge in [-0.05, 0) is 102 Å². The van der Waals surface area contributed by atoms with Crippen LogP contribution < -0.4 is 4.74 Å². The molecule has 0 atom stereocenters. The molecule has 1 heteroatoms. The predicted octanol–water partition coefficient (Wildman–Crippen LogP) is 13.2. The third-order valence-electron chi connectivity index (χ3n) is 9.80. The van der Waals surface area contributed by atoms with Gasteiger partial charge in [0.2, 0.25) is 0 Å². The molecular weight excluding hydrogens is 605 g/mol. The summed E-state index contributed by atoms with van der Waals surface area (Å²) in [5.41, 5.74) is 18.1. The van der Waals surface area contributed by atoms with Gasteiger partial charge in [-0.15, -0.1) is 0 Å². The van der Waals surface area contributed by atoms with Gasteiger partial charge >= 0.3 is 0 Å². The Hall–Kier alpha value is -6.44. The number of hydrogen-bond donors (Lipinski definition) is 0. The first-order chi connectivity index (χ1) is 24.8. The van der Waals surface area contributed by atoms with Crippen molar-refractivity contribution in [3.63, 3.8) is 0 Å². The summed E-state index contributed by atoms with van der Waals surface area (Å²) >= 11 is 0. The maximum atomic E-state index is 6.08. The number of hydrogen-bond acceptors (Lipinski definition) is 1. The lowest BCUT2D eigenvalue weighted by Crippen LogP contribution is -2.06. The van der Waals surface area contributed by atoms with Crippen LogP contribution in [0.2, 0.25) is 0 Å². The van der Waals surface area contributed by atoms with Crippen molar-refractivity contribution in [2.75, 3.05) is 0 Å². The van der Waals surface area contributed by atoms with E-state index in [2.05, 4.69) is 188 Å². The topological polar surface area (TPSA) is 9.23 Å². The molecule has 1 heterocycles. The monoisotopic (exact) mass is 638 g/mol. The zero-order chi connectivity index (χ0) is 33.3. The molecule has 0 amide bonds. The van der Waals surface area contributed by atoms with Crippen LogP contribution in [-0.4, -0.2) is 0 Å². The van der Waals surface area contributed by atoms with E-state index in [-0.39, 0.29) is 0 Å². The first kappa shape index (κ1) is 29.7. The van der Waals surface area contributed by atoms with Crippen LogP contribution in [0.1, 0.15) is 5.56 Å². The molecule has 0 unspecified atom stereocenters. The largest absolute Gasteiger partial charge is 0.488 e. The Morgan fingerprint density at radius 1 is 0.280 bits per heavy atom. The summed E-state index contributed by atoms with van der Waals surface area (Å²) in [6.07, 6.45) is 0. The number of rotatable bonds is 6. The third kappa shape index (κ3) is 5.59. The summed E-state index contributed by atoms with van der Waals surface area (Å²) in [6.45, 7) is 0.588. The lowest BCUT2D eigenvalue weighted by Gasteiger charge is -2.23. The molecule has 1 nitrogen and oxygen atoms in total. The van der Waals surface area contributed by atoms with Crippen LogP contribution in [-0.2, 0) is 6.61 Å². The molecule has 8 aromatic rings.